The van der Waals surface area contributed by atoms with Gasteiger partial charge in [-0.05, 0) is 24.4 Å². The normalized spacial score (nSPS) is 17.7. The van der Waals surface area contributed by atoms with Gasteiger partial charge in [-0.1, -0.05) is 0 Å². The highest BCUT2D eigenvalue weighted by Crippen LogP contribution is 2.39. The number of rotatable bonds is 2. The summed E-state index contributed by atoms with van der Waals surface area (Å²) in [5.41, 5.74) is 0.593. The Labute approximate surface area is 128 Å². The molecule has 0 atom stereocenters. The van der Waals surface area contributed by atoms with Crippen molar-refractivity contribution in [1.82, 2.24) is 9.46 Å². The topological polar surface area (TPSA) is 64.0 Å². The molecule has 9 heteroatoms. The lowest BCUT2D eigenvalue weighted by Gasteiger charge is -2.30. The molecule has 2 aliphatic heterocycles. The number of halogens is 2. The molecule has 0 aliphatic carbocycles. The zero-order valence-electron chi connectivity index (χ0n) is 11.6. The molecule has 0 aromatic carbocycles. The lowest BCUT2D eigenvalue weighted by atomic mass is 9.87. The standard InChI is InChI=1S/C14H9BF2N4O2/c16-15(17)19-8-2-5-10(19)13(11-6-3-9-20(11)15)14-12(21(22)23)4-1-7-18-14/h1-9H. The van der Waals surface area contributed by atoms with E-state index in [9.17, 15) is 18.7 Å². The van der Waals surface area contributed by atoms with Crippen molar-refractivity contribution in [3.05, 3.63) is 76.0 Å². The van der Waals surface area contributed by atoms with Crippen LogP contribution in [0.1, 0.15) is 11.4 Å². The van der Waals surface area contributed by atoms with E-state index in [4.69, 9.17) is 0 Å². The molecule has 114 valence electrons. The molecule has 0 fully saturated rings. The summed E-state index contributed by atoms with van der Waals surface area (Å²) in [7, 11) is 0. The van der Waals surface area contributed by atoms with Gasteiger partial charge >= 0.3 is 6.97 Å². The number of pyridine rings is 1. The molecule has 0 saturated heterocycles. The van der Waals surface area contributed by atoms with Gasteiger partial charge < -0.3 is 17.6 Å². The highest BCUT2D eigenvalue weighted by molar-refractivity contribution is 6.57. The van der Waals surface area contributed by atoms with E-state index in [2.05, 4.69) is 4.98 Å². The third kappa shape index (κ3) is 1.73. The van der Waals surface area contributed by atoms with Crippen LogP contribution in [0.4, 0.5) is 14.3 Å². The fourth-order valence-corrected chi connectivity index (χ4v) is 3.00. The van der Waals surface area contributed by atoms with Crippen LogP contribution in [0.3, 0.4) is 0 Å². The summed E-state index contributed by atoms with van der Waals surface area (Å²) in [6, 6.07) is 5.77. The van der Waals surface area contributed by atoms with Crippen molar-refractivity contribution in [2.24, 2.45) is 0 Å². The van der Waals surface area contributed by atoms with Crippen molar-refractivity contribution in [3.63, 3.8) is 0 Å². The van der Waals surface area contributed by atoms with Gasteiger partial charge in [0.1, 0.15) is 6.21 Å². The summed E-state index contributed by atoms with van der Waals surface area (Å²) < 4.78 is 30.9. The van der Waals surface area contributed by atoms with Gasteiger partial charge in [0.05, 0.1) is 10.5 Å². The van der Waals surface area contributed by atoms with E-state index in [0.717, 1.165) is 8.96 Å². The molecular weight excluding hydrogens is 305 g/mol. The van der Waals surface area contributed by atoms with Crippen molar-refractivity contribution in [1.29, 1.82) is 0 Å². The zero-order chi connectivity index (χ0) is 16.2. The van der Waals surface area contributed by atoms with Crippen LogP contribution in [0, 0.1) is 10.1 Å². The first-order chi connectivity index (χ1) is 11.0. The Bertz CT molecular complexity index is 946. The molecule has 4 rings (SSSR count). The van der Waals surface area contributed by atoms with Crippen LogP contribution in [0.2, 0.25) is 0 Å². The molecule has 0 N–H and O–H groups in total. The van der Waals surface area contributed by atoms with Crippen LogP contribution in [0.25, 0.3) is 5.57 Å². The Hall–Kier alpha value is -3.10. The lowest BCUT2D eigenvalue weighted by Crippen LogP contribution is -2.49. The molecule has 0 spiro atoms. The molecular formula is C14H9BF2N4O2. The molecule has 2 aliphatic rings. The van der Waals surface area contributed by atoms with E-state index < -0.39 is 11.9 Å². The van der Waals surface area contributed by atoms with Crippen LogP contribution in [-0.2, 0) is 0 Å². The van der Waals surface area contributed by atoms with Gasteiger partial charge in [0.15, 0.2) is 11.4 Å². The first-order valence-electron chi connectivity index (χ1n) is 6.85. The number of nitro groups is 1. The van der Waals surface area contributed by atoms with E-state index in [0.29, 0.717) is 5.57 Å². The summed E-state index contributed by atoms with van der Waals surface area (Å²) in [5, 5.41) is 11.3. The third-order valence-corrected chi connectivity index (χ3v) is 3.96. The van der Waals surface area contributed by atoms with E-state index in [1.165, 1.54) is 55.0 Å². The SMILES string of the molecule is O=[N+]([O-])c1cccnc1C1=C2C=CC=[N+]2[B-](F)(F)n2cccc21. The predicted molar refractivity (Wildman–Crippen MR) is 80.2 cm³/mol. The Morgan fingerprint density at radius 3 is 2.91 bits per heavy atom. The number of allylic oxidation sites excluding steroid dienone is 2. The summed E-state index contributed by atoms with van der Waals surface area (Å²) in [6.07, 6.45) is 6.96. The Balaban J connectivity index is 2.09. The maximum atomic E-state index is 14.6. The van der Waals surface area contributed by atoms with Gasteiger partial charge in [0, 0.05) is 30.1 Å². The number of fused-ring (bicyclic) bond motifs is 2. The average molecular weight is 314 g/mol. The number of nitrogens with zero attached hydrogens (tertiary/aromatic N) is 4. The maximum Gasteiger partial charge on any atom is 0.737 e. The van der Waals surface area contributed by atoms with E-state index in [1.807, 2.05) is 0 Å². The molecule has 6 nitrogen and oxygen atoms in total. The van der Waals surface area contributed by atoms with Gasteiger partial charge in [-0.15, -0.1) is 0 Å². The fourth-order valence-electron chi connectivity index (χ4n) is 3.00. The van der Waals surface area contributed by atoms with Crippen LogP contribution in [0.15, 0.2) is 54.5 Å². The lowest BCUT2D eigenvalue weighted by molar-refractivity contribution is -0.385. The van der Waals surface area contributed by atoms with Gasteiger partial charge in [-0.2, -0.15) is 0 Å². The molecule has 2 aromatic rings. The van der Waals surface area contributed by atoms with Crippen molar-refractivity contribution in [3.8, 4) is 0 Å². The van der Waals surface area contributed by atoms with Gasteiger partial charge in [-0.3, -0.25) is 10.1 Å². The van der Waals surface area contributed by atoms with E-state index in [1.54, 1.807) is 0 Å². The van der Waals surface area contributed by atoms with Gasteiger partial charge in [0.2, 0.25) is 0 Å². The Morgan fingerprint density at radius 2 is 2.13 bits per heavy atom. The van der Waals surface area contributed by atoms with Crippen LogP contribution in [-0.4, -0.2) is 32.1 Å². The summed E-state index contributed by atoms with van der Waals surface area (Å²) in [6.45, 7) is -4.03. The minimum absolute atomic E-state index is 0.0729. The molecule has 0 unspecified atom stereocenters. The Kier molecular flexibility index (Phi) is 2.62. The molecule has 2 aromatic heterocycles. The van der Waals surface area contributed by atoms with Gasteiger partial charge in [0.25, 0.3) is 5.69 Å². The van der Waals surface area contributed by atoms with Crippen LogP contribution < -0.4 is 0 Å². The minimum Gasteiger partial charge on any atom is -0.396 e. The third-order valence-electron chi connectivity index (χ3n) is 3.96. The minimum atomic E-state index is -4.03. The second kappa shape index (κ2) is 4.45. The maximum absolute atomic E-state index is 14.6. The fraction of sp³-hybridized carbons (Fsp3) is 0. The number of hydrogen-bond acceptors (Lipinski definition) is 3. The summed E-state index contributed by atoms with van der Waals surface area (Å²) >= 11 is 0. The molecule has 4 heterocycles. The second-order valence-corrected chi connectivity index (χ2v) is 5.19. The molecule has 0 saturated carbocycles. The van der Waals surface area contributed by atoms with Gasteiger partial charge in [-0.25, -0.2) is 4.98 Å². The second-order valence-electron chi connectivity index (χ2n) is 5.19. The van der Waals surface area contributed by atoms with Crippen molar-refractivity contribution in [2.75, 3.05) is 0 Å². The van der Waals surface area contributed by atoms with E-state index in [-0.39, 0.29) is 22.8 Å². The highest BCUT2D eigenvalue weighted by Gasteiger charge is 2.52. The summed E-state index contributed by atoms with van der Waals surface area (Å²) in [5.74, 6) is 0. The van der Waals surface area contributed by atoms with Crippen molar-refractivity contribution < 1.29 is 18.0 Å². The van der Waals surface area contributed by atoms with Crippen molar-refractivity contribution >= 4 is 24.4 Å². The highest BCUT2D eigenvalue weighted by atomic mass is 19.2. The van der Waals surface area contributed by atoms with Crippen LogP contribution in [0.5, 0.6) is 0 Å². The van der Waals surface area contributed by atoms with E-state index >= 15 is 0 Å². The quantitative estimate of drug-likeness (QED) is 0.486. The molecule has 0 radical (unpaired) electrons. The Morgan fingerprint density at radius 1 is 1.30 bits per heavy atom. The molecule has 0 amide bonds. The number of hydrogen-bond donors (Lipinski definition) is 0. The number of aromatic nitrogens is 2. The van der Waals surface area contributed by atoms with Crippen LogP contribution >= 0.6 is 0 Å². The zero-order valence-corrected chi connectivity index (χ0v) is 11.6. The monoisotopic (exact) mass is 314 g/mol. The smallest absolute Gasteiger partial charge is 0.396 e. The summed E-state index contributed by atoms with van der Waals surface area (Å²) in [4.78, 5) is 14.8. The first-order valence-corrected chi connectivity index (χ1v) is 6.85. The van der Waals surface area contributed by atoms with Crippen molar-refractivity contribution in [2.45, 2.75) is 0 Å². The predicted octanol–water partition coefficient (Wildman–Crippen LogP) is 2.44. The average Bonchev–Trinajstić information content (AvgIpc) is 3.17. The first kappa shape index (κ1) is 13.6. The molecule has 23 heavy (non-hydrogen) atoms. The molecule has 0 bridgehead atoms. The largest absolute Gasteiger partial charge is 0.737 e.